The van der Waals surface area contributed by atoms with Crippen LogP contribution in [0.3, 0.4) is 0 Å². The summed E-state index contributed by atoms with van der Waals surface area (Å²) < 4.78 is 5.04. The number of carbonyl (C=O) groups excluding carboxylic acids is 2. The number of ether oxygens (including phenoxy) is 1. The minimum Gasteiger partial charge on any atom is -0.451 e. The molecule has 23 heavy (non-hydrogen) atoms. The van der Waals surface area contributed by atoms with Crippen molar-refractivity contribution in [3.05, 3.63) is 26.6 Å². The number of carbonyl (C=O) groups is 2. The largest absolute Gasteiger partial charge is 0.451 e. The van der Waals surface area contributed by atoms with Crippen LogP contribution in [0, 0.1) is 13.8 Å². The van der Waals surface area contributed by atoms with E-state index in [1.165, 1.54) is 0 Å². The van der Waals surface area contributed by atoms with Crippen molar-refractivity contribution in [2.45, 2.75) is 40.2 Å². The summed E-state index contributed by atoms with van der Waals surface area (Å²) in [7, 11) is 0. The summed E-state index contributed by atoms with van der Waals surface area (Å²) in [4.78, 5) is 43.4. The molecule has 2 aromatic rings. The van der Waals surface area contributed by atoms with Crippen molar-refractivity contribution in [2.75, 3.05) is 6.61 Å². The summed E-state index contributed by atoms with van der Waals surface area (Å²) >= 11 is 1.09. The second-order valence-corrected chi connectivity index (χ2v) is 6.34. The third-order valence-corrected chi connectivity index (χ3v) is 4.62. The lowest BCUT2D eigenvalue weighted by molar-refractivity contribution is -0.124. The van der Waals surface area contributed by atoms with E-state index in [-0.39, 0.29) is 24.1 Å². The predicted molar refractivity (Wildman–Crippen MR) is 87.9 cm³/mol. The molecule has 0 aliphatic heterocycles. The lowest BCUT2D eigenvalue weighted by Crippen LogP contribution is -2.35. The molecule has 2 aromatic heterocycles. The molecule has 0 aliphatic rings. The van der Waals surface area contributed by atoms with Crippen molar-refractivity contribution in [3.8, 4) is 0 Å². The van der Waals surface area contributed by atoms with Crippen LogP contribution >= 0.6 is 11.3 Å². The highest BCUT2D eigenvalue weighted by molar-refractivity contribution is 7.20. The van der Waals surface area contributed by atoms with E-state index in [0.717, 1.165) is 17.8 Å². The highest BCUT2D eigenvalue weighted by Crippen LogP contribution is 2.27. The SMILES string of the molecule is CCC(C)NC(=O)COC(=O)c1sc2nc(C)[nH]c(=O)c2c1C. The van der Waals surface area contributed by atoms with Crippen LogP contribution in [0.4, 0.5) is 0 Å². The molecule has 1 atom stereocenters. The Morgan fingerprint density at radius 1 is 1.39 bits per heavy atom. The van der Waals surface area contributed by atoms with Crippen LogP contribution in [0.5, 0.6) is 0 Å². The number of nitrogens with one attached hydrogen (secondary N) is 2. The van der Waals surface area contributed by atoms with E-state index >= 15 is 0 Å². The maximum Gasteiger partial charge on any atom is 0.349 e. The number of aromatic amines is 1. The van der Waals surface area contributed by atoms with Crippen molar-refractivity contribution in [2.24, 2.45) is 0 Å². The van der Waals surface area contributed by atoms with Crippen LogP contribution in [-0.2, 0) is 9.53 Å². The van der Waals surface area contributed by atoms with Crippen LogP contribution in [0.2, 0.25) is 0 Å². The highest BCUT2D eigenvalue weighted by atomic mass is 32.1. The van der Waals surface area contributed by atoms with E-state index in [1.807, 2.05) is 13.8 Å². The van der Waals surface area contributed by atoms with Gasteiger partial charge in [0.05, 0.1) is 5.39 Å². The zero-order valence-corrected chi connectivity index (χ0v) is 14.3. The Kier molecular flexibility index (Phi) is 5.15. The first-order valence-corrected chi connectivity index (χ1v) is 8.11. The summed E-state index contributed by atoms with van der Waals surface area (Å²) in [6.07, 6.45) is 0.795. The molecule has 0 aromatic carbocycles. The number of hydrogen-bond acceptors (Lipinski definition) is 6. The van der Waals surface area contributed by atoms with Crippen LogP contribution in [0.15, 0.2) is 4.79 Å². The average molecular weight is 337 g/mol. The Labute approximate surface area is 137 Å². The van der Waals surface area contributed by atoms with Gasteiger partial charge < -0.3 is 15.0 Å². The van der Waals surface area contributed by atoms with Gasteiger partial charge in [-0.15, -0.1) is 11.3 Å². The molecule has 2 rings (SSSR count). The Bertz CT molecular complexity index is 809. The van der Waals surface area contributed by atoms with Gasteiger partial charge in [-0.3, -0.25) is 9.59 Å². The van der Waals surface area contributed by atoms with Gasteiger partial charge in [0.15, 0.2) is 6.61 Å². The average Bonchev–Trinajstić information content (AvgIpc) is 2.81. The lowest BCUT2D eigenvalue weighted by atomic mass is 10.2. The number of amides is 1. The maximum atomic E-state index is 12.2. The second kappa shape index (κ2) is 6.91. The standard InChI is InChI=1S/C15H19N3O4S/c1-5-7(2)16-10(19)6-22-15(21)12-8(3)11-13(20)17-9(4)18-14(11)23-12/h7H,5-6H2,1-4H3,(H,16,19)(H,17,18,20). The fourth-order valence-corrected chi connectivity index (χ4v) is 3.18. The minimum atomic E-state index is -0.623. The molecule has 0 spiro atoms. The molecule has 8 heteroatoms. The fraction of sp³-hybridized carbons (Fsp3) is 0.467. The summed E-state index contributed by atoms with van der Waals surface area (Å²) in [5.41, 5.74) is 0.237. The molecule has 0 saturated carbocycles. The molecule has 0 saturated heterocycles. The Balaban J connectivity index is 2.16. The molecular formula is C15H19N3O4S. The van der Waals surface area contributed by atoms with Crippen molar-refractivity contribution in [1.29, 1.82) is 0 Å². The van der Waals surface area contributed by atoms with Crippen molar-refractivity contribution in [3.63, 3.8) is 0 Å². The summed E-state index contributed by atoms with van der Waals surface area (Å²) in [5.74, 6) is -0.489. The third kappa shape index (κ3) is 3.76. The number of hydrogen-bond donors (Lipinski definition) is 2. The van der Waals surface area contributed by atoms with Gasteiger partial charge >= 0.3 is 5.97 Å². The first-order chi connectivity index (χ1) is 10.8. The molecule has 124 valence electrons. The number of thiophene rings is 1. The smallest absolute Gasteiger partial charge is 0.349 e. The molecule has 0 bridgehead atoms. The molecule has 2 N–H and O–H groups in total. The van der Waals surface area contributed by atoms with Gasteiger partial charge in [0, 0.05) is 6.04 Å². The monoisotopic (exact) mass is 337 g/mol. The van der Waals surface area contributed by atoms with E-state index in [9.17, 15) is 14.4 Å². The number of H-pyrrole nitrogens is 1. The summed E-state index contributed by atoms with van der Waals surface area (Å²) in [6, 6.07) is 0.0259. The van der Waals surface area contributed by atoms with Crippen molar-refractivity contribution in [1.82, 2.24) is 15.3 Å². The van der Waals surface area contributed by atoms with Crippen LogP contribution in [0.25, 0.3) is 10.2 Å². The predicted octanol–water partition coefficient (Wildman–Crippen LogP) is 1.67. The molecule has 1 amide bonds. The lowest BCUT2D eigenvalue weighted by Gasteiger charge is -2.11. The molecule has 0 radical (unpaired) electrons. The van der Waals surface area contributed by atoms with Gasteiger partial charge in [-0.2, -0.15) is 0 Å². The van der Waals surface area contributed by atoms with Crippen molar-refractivity contribution >= 4 is 33.4 Å². The van der Waals surface area contributed by atoms with Crippen LogP contribution in [0.1, 0.15) is 41.3 Å². The molecule has 0 fully saturated rings. The van der Waals surface area contributed by atoms with E-state index in [2.05, 4.69) is 15.3 Å². The van der Waals surface area contributed by atoms with Gasteiger partial charge in [0.25, 0.3) is 11.5 Å². The number of aryl methyl sites for hydroxylation is 2. The van der Waals surface area contributed by atoms with Crippen molar-refractivity contribution < 1.29 is 14.3 Å². The zero-order valence-electron chi connectivity index (χ0n) is 13.5. The van der Waals surface area contributed by atoms with Crippen LogP contribution < -0.4 is 10.9 Å². The first-order valence-electron chi connectivity index (χ1n) is 7.30. The van der Waals surface area contributed by atoms with Gasteiger partial charge in [-0.1, -0.05) is 6.92 Å². The molecule has 0 aliphatic carbocycles. The zero-order chi connectivity index (χ0) is 17.1. The van der Waals surface area contributed by atoms with Gasteiger partial charge in [-0.25, -0.2) is 9.78 Å². The first kappa shape index (κ1) is 17.1. The summed E-state index contributed by atoms with van der Waals surface area (Å²) in [5, 5.41) is 3.10. The molecule has 2 heterocycles. The maximum absolute atomic E-state index is 12.2. The van der Waals surface area contributed by atoms with E-state index < -0.39 is 5.97 Å². The number of rotatable bonds is 5. The van der Waals surface area contributed by atoms with E-state index in [1.54, 1.807) is 13.8 Å². The Morgan fingerprint density at radius 2 is 2.09 bits per heavy atom. The topological polar surface area (TPSA) is 101 Å². The number of aromatic nitrogens is 2. The normalized spacial score (nSPS) is 12.2. The fourth-order valence-electron chi connectivity index (χ4n) is 2.06. The Morgan fingerprint density at radius 3 is 2.74 bits per heavy atom. The molecular weight excluding hydrogens is 318 g/mol. The quantitative estimate of drug-likeness (QED) is 0.808. The Hall–Kier alpha value is -2.22. The summed E-state index contributed by atoms with van der Waals surface area (Å²) in [6.45, 7) is 6.81. The molecule has 1 unspecified atom stereocenters. The molecule has 7 nitrogen and oxygen atoms in total. The second-order valence-electron chi connectivity index (χ2n) is 5.34. The number of esters is 1. The number of fused-ring (bicyclic) bond motifs is 1. The van der Waals surface area contributed by atoms with Gasteiger partial charge in [0.1, 0.15) is 15.5 Å². The minimum absolute atomic E-state index is 0.0259. The third-order valence-electron chi connectivity index (χ3n) is 3.46. The van der Waals surface area contributed by atoms with E-state index in [4.69, 9.17) is 4.74 Å². The van der Waals surface area contributed by atoms with E-state index in [0.29, 0.717) is 26.5 Å². The van der Waals surface area contributed by atoms with Crippen LogP contribution in [-0.4, -0.2) is 34.5 Å². The van der Waals surface area contributed by atoms with Gasteiger partial charge in [-0.05, 0) is 32.8 Å². The highest BCUT2D eigenvalue weighted by Gasteiger charge is 2.21. The number of nitrogens with zero attached hydrogens (tertiary/aromatic N) is 1. The van der Waals surface area contributed by atoms with Gasteiger partial charge in [0.2, 0.25) is 0 Å².